The van der Waals surface area contributed by atoms with Crippen LogP contribution in [0, 0.1) is 11.8 Å². The van der Waals surface area contributed by atoms with Crippen LogP contribution in [-0.2, 0) is 9.47 Å². The molecule has 0 radical (unpaired) electrons. The van der Waals surface area contributed by atoms with E-state index < -0.39 is 0 Å². The van der Waals surface area contributed by atoms with Crippen LogP contribution in [0.5, 0.6) is 23.0 Å². The number of phenolic OH excluding ortho intramolecular Hbond substituents is 2. The van der Waals surface area contributed by atoms with Crippen molar-refractivity contribution in [1.82, 2.24) is 0 Å². The number of rotatable bonds is 4. The molecular weight excluding hydrogens is 336 g/mol. The number of ether oxygens (including phenoxy) is 4. The van der Waals surface area contributed by atoms with Crippen molar-refractivity contribution in [2.45, 2.75) is 12.2 Å². The summed E-state index contributed by atoms with van der Waals surface area (Å²) < 4.78 is 22.6. The van der Waals surface area contributed by atoms with Crippen LogP contribution < -0.4 is 9.47 Å². The summed E-state index contributed by atoms with van der Waals surface area (Å²) in [6.45, 7) is 1.18. The molecule has 2 aliphatic heterocycles. The van der Waals surface area contributed by atoms with E-state index in [9.17, 15) is 10.2 Å². The SMILES string of the molecule is COc1cc([C@H]2OC[C@H]3C2CO[C@@H]3c2ccc(O)c(OC)c2)ccc1O. The molecule has 0 saturated carbocycles. The Morgan fingerprint density at radius 1 is 0.769 bits per heavy atom. The number of phenols is 2. The van der Waals surface area contributed by atoms with Crippen LogP contribution in [0.2, 0.25) is 0 Å². The zero-order valence-corrected chi connectivity index (χ0v) is 14.7. The fraction of sp³-hybridized carbons (Fsp3) is 0.400. The van der Waals surface area contributed by atoms with Crippen molar-refractivity contribution >= 4 is 0 Å². The lowest BCUT2D eigenvalue weighted by Crippen LogP contribution is -2.14. The monoisotopic (exact) mass is 358 g/mol. The second-order valence-corrected chi connectivity index (χ2v) is 6.70. The van der Waals surface area contributed by atoms with Gasteiger partial charge in [0.25, 0.3) is 0 Å². The Balaban J connectivity index is 1.58. The smallest absolute Gasteiger partial charge is 0.160 e. The molecule has 4 rings (SSSR count). The highest BCUT2D eigenvalue weighted by Crippen LogP contribution is 2.51. The maximum Gasteiger partial charge on any atom is 0.160 e. The van der Waals surface area contributed by atoms with Gasteiger partial charge in [-0.2, -0.15) is 0 Å². The molecule has 1 unspecified atom stereocenters. The molecule has 0 amide bonds. The average molecular weight is 358 g/mol. The Kier molecular flexibility index (Phi) is 4.38. The number of fused-ring (bicyclic) bond motifs is 1. The normalized spacial score (nSPS) is 27.3. The Labute approximate surface area is 151 Å². The van der Waals surface area contributed by atoms with E-state index in [4.69, 9.17) is 18.9 Å². The van der Waals surface area contributed by atoms with E-state index in [2.05, 4.69) is 0 Å². The van der Waals surface area contributed by atoms with Crippen LogP contribution in [0.25, 0.3) is 0 Å². The Morgan fingerprint density at radius 2 is 1.19 bits per heavy atom. The van der Waals surface area contributed by atoms with Crippen molar-refractivity contribution in [3.63, 3.8) is 0 Å². The molecule has 2 aliphatic rings. The summed E-state index contributed by atoms with van der Waals surface area (Å²) in [5, 5.41) is 19.6. The standard InChI is InChI=1S/C20H22O6/c1-23-17-7-11(3-5-15(17)21)19-13-9-26-20(14(13)10-25-19)12-4-6-16(22)18(8-12)24-2/h3-8,13-14,19-22H,9-10H2,1-2H3/t13-,14?,19+,20+/m0/s1. The van der Waals surface area contributed by atoms with Gasteiger partial charge in [-0.25, -0.2) is 0 Å². The Morgan fingerprint density at radius 3 is 1.58 bits per heavy atom. The average Bonchev–Trinajstić information content (AvgIpc) is 3.25. The molecule has 4 atom stereocenters. The zero-order valence-electron chi connectivity index (χ0n) is 14.7. The van der Waals surface area contributed by atoms with Gasteiger partial charge in [0.1, 0.15) is 0 Å². The first-order valence-corrected chi connectivity index (χ1v) is 8.59. The van der Waals surface area contributed by atoms with E-state index in [1.54, 1.807) is 12.1 Å². The molecule has 138 valence electrons. The summed E-state index contributed by atoms with van der Waals surface area (Å²) in [5.41, 5.74) is 1.94. The van der Waals surface area contributed by atoms with Gasteiger partial charge in [-0.05, 0) is 35.4 Å². The highest BCUT2D eigenvalue weighted by atomic mass is 16.5. The van der Waals surface area contributed by atoms with Gasteiger partial charge < -0.3 is 29.2 Å². The molecule has 2 aromatic rings. The van der Waals surface area contributed by atoms with Crippen LogP contribution >= 0.6 is 0 Å². The maximum atomic E-state index is 9.80. The van der Waals surface area contributed by atoms with Gasteiger partial charge >= 0.3 is 0 Å². The van der Waals surface area contributed by atoms with E-state index in [-0.39, 0.29) is 35.5 Å². The van der Waals surface area contributed by atoms with Gasteiger partial charge in [-0.1, -0.05) is 12.1 Å². The first-order chi connectivity index (χ1) is 12.6. The zero-order chi connectivity index (χ0) is 18.3. The van der Waals surface area contributed by atoms with Crippen molar-refractivity contribution in [3.8, 4) is 23.0 Å². The summed E-state index contributed by atoms with van der Waals surface area (Å²) in [5.74, 6) is 1.54. The van der Waals surface area contributed by atoms with Crippen molar-refractivity contribution in [1.29, 1.82) is 0 Å². The number of aromatic hydroxyl groups is 2. The quantitative estimate of drug-likeness (QED) is 0.874. The minimum atomic E-state index is -0.0986. The molecule has 2 N–H and O–H groups in total. The summed E-state index contributed by atoms with van der Waals surface area (Å²) in [6.07, 6.45) is -0.197. The lowest BCUT2D eigenvalue weighted by atomic mass is 9.85. The lowest BCUT2D eigenvalue weighted by Gasteiger charge is -2.18. The first-order valence-electron chi connectivity index (χ1n) is 8.59. The van der Waals surface area contributed by atoms with E-state index in [1.807, 2.05) is 24.3 Å². The molecule has 2 aromatic carbocycles. The largest absolute Gasteiger partial charge is 0.504 e. The third-order valence-electron chi connectivity index (χ3n) is 5.33. The van der Waals surface area contributed by atoms with Gasteiger partial charge in [-0.15, -0.1) is 0 Å². The first kappa shape index (κ1) is 17.0. The van der Waals surface area contributed by atoms with Crippen molar-refractivity contribution in [3.05, 3.63) is 47.5 Å². The van der Waals surface area contributed by atoms with Crippen molar-refractivity contribution in [2.75, 3.05) is 27.4 Å². The maximum absolute atomic E-state index is 9.80. The molecule has 2 fully saturated rings. The van der Waals surface area contributed by atoms with Crippen LogP contribution in [0.1, 0.15) is 23.3 Å². The highest BCUT2D eigenvalue weighted by Gasteiger charge is 2.48. The third-order valence-corrected chi connectivity index (χ3v) is 5.33. The van der Waals surface area contributed by atoms with E-state index in [0.29, 0.717) is 24.7 Å². The number of benzene rings is 2. The molecule has 0 aliphatic carbocycles. The molecule has 0 bridgehead atoms. The Bertz CT molecular complexity index is 737. The van der Waals surface area contributed by atoms with E-state index in [1.165, 1.54) is 14.2 Å². The van der Waals surface area contributed by atoms with Crippen LogP contribution in [0.4, 0.5) is 0 Å². The highest BCUT2D eigenvalue weighted by molar-refractivity contribution is 5.44. The lowest BCUT2D eigenvalue weighted by molar-refractivity contribution is 0.0191. The molecule has 6 nitrogen and oxygen atoms in total. The van der Waals surface area contributed by atoms with Gasteiger partial charge in [0.15, 0.2) is 23.0 Å². The van der Waals surface area contributed by atoms with Crippen molar-refractivity contribution in [2.24, 2.45) is 11.8 Å². The van der Waals surface area contributed by atoms with Crippen molar-refractivity contribution < 1.29 is 29.2 Å². The predicted molar refractivity (Wildman–Crippen MR) is 93.7 cm³/mol. The minimum Gasteiger partial charge on any atom is -0.504 e. The molecule has 26 heavy (non-hydrogen) atoms. The van der Waals surface area contributed by atoms with Crippen LogP contribution in [0.15, 0.2) is 36.4 Å². The second kappa shape index (κ2) is 6.70. The van der Waals surface area contributed by atoms with Gasteiger partial charge in [0.05, 0.1) is 39.6 Å². The minimum absolute atomic E-state index is 0.0986. The predicted octanol–water partition coefficient (Wildman–Crippen LogP) is 3.19. The van der Waals surface area contributed by atoms with E-state index in [0.717, 1.165) is 11.1 Å². The summed E-state index contributed by atoms with van der Waals surface area (Å²) in [7, 11) is 3.06. The summed E-state index contributed by atoms with van der Waals surface area (Å²) in [4.78, 5) is 0. The molecule has 2 heterocycles. The topological polar surface area (TPSA) is 77.4 Å². The van der Waals surface area contributed by atoms with Gasteiger partial charge in [-0.3, -0.25) is 0 Å². The summed E-state index contributed by atoms with van der Waals surface area (Å²) in [6, 6.07) is 10.6. The number of hydrogen-bond acceptors (Lipinski definition) is 6. The molecular formula is C20H22O6. The van der Waals surface area contributed by atoms with Gasteiger partial charge in [0, 0.05) is 11.8 Å². The van der Waals surface area contributed by atoms with Gasteiger partial charge in [0.2, 0.25) is 0 Å². The van der Waals surface area contributed by atoms with E-state index >= 15 is 0 Å². The Hall–Kier alpha value is -2.44. The molecule has 6 heteroatoms. The third kappa shape index (κ3) is 2.75. The summed E-state index contributed by atoms with van der Waals surface area (Å²) >= 11 is 0. The number of methoxy groups -OCH3 is 2. The van der Waals surface area contributed by atoms with Crippen LogP contribution in [-0.4, -0.2) is 37.6 Å². The van der Waals surface area contributed by atoms with Crippen LogP contribution in [0.3, 0.4) is 0 Å². The number of hydrogen-bond donors (Lipinski definition) is 2. The molecule has 0 aromatic heterocycles. The molecule has 2 saturated heterocycles. The fourth-order valence-electron chi connectivity index (χ4n) is 3.98. The molecule has 0 spiro atoms. The fourth-order valence-corrected chi connectivity index (χ4v) is 3.98. The second-order valence-electron chi connectivity index (χ2n) is 6.70.